The summed E-state index contributed by atoms with van der Waals surface area (Å²) in [7, 11) is 0. The van der Waals surface area contributed by atoms with Gasteiger partial charge < -0.3 is 10.4 Å². The second kappa shape index (κ2) is 5.51. The van der Waals surface area contributed by atoms with Crippen molar-refractivity contribution in [3.63, 3.8) is 0 Å². The summed E-state index contributed by atoms with van der Waals surface area (Å²) in [4.78, 5) is 45.3. The Morgan fingerprint density at radius 1 is 1.32 bits per heavy atom. The van der Waals surface area contributed by atoms with Crippen molar-refractivity contribution in [3.8, 4) is 0 Å². The molecule has 19 heavy (non-hydrogen) atoms. The van der Waals surface area contributed by atoms with E-state index < -0.39 is 29.0 Å². The van der Waals surface area contributed by atoms with E-state index in [4.69, 9.17) is 5.11 Å². The van der Waals surface area contributed by atoms with Crippen molar-refractivity contribution in [2.75, 3.05) is 0 Å². The van der Waals surface area contributed by atoms with Crippen LogP contribution in [-0.4, -0.2) is 32.8 Å². The molecule has 8 nitrogen and oxygen atoms in total. The third kappa shape index (κ3) is 3.30. The highest BCUT2D eigenvalue weighted by molar-refractivity contribution is 5.81. The third-order valence-corrected chi connectivity index (χ3v) is 2.75. The lowest BCUT2D eigenvalue weighted by atomic mass is 10.2. The lowest BCUT2D eigenvalue weighted by molar-refractivity contribution is -0.142. The predicted octanol–water partition coefficient (Wildman–Crippen LogP) is -1.26. The summed E-state index contributed by atoms with van der Waals surface area (Å²) in [6.07, 6.45) is 0. The highest BCUT2D eigenvalue weighted by Crippen LogP contribution is 1.93. The molecule has 1 aromatic heterocycles. The van der Waals surface area contributed by atoms with Crippen LogP contribution in [0.2, 0.25) is 0 Å². The lowest BCUT2D eigenvalue weighted by Crippen LogP contribution is -2.46. The molecule has 0 radical (unpaired) electrons. The number of nitrogens with one attached hydrogen (secondary N) is 2. The van der Waals surface area contributed by atoms with Crippen LogP contribution >= 0.6 is 0 Å². The molecule has 0 saturated heterocycles. The van der Waals surface area contributed by atoms with E-state index in [1.165, 1.54) is 20.8 Å². The Morgan fingerprint density at radius 3 is 2.37 bits per heavy atom. The van der Waals surface area contributed by atoms with Crippen molar-refractivity contribution in [2.45, 2.75) is 33.4 Å². The molecule has 0 bridgehead atoms. The third-order valence-electron chi connectivity index (χ3n) is 2.75. The summed E-state index contributed by atoms with van der Waals surface area (Å²) in [6.45, 7) is 3.81. The van der Waals surface area contributed by atoms with Crippen LogP contribution in [0.1, 0.15) is 18.1 Å². The zero-order chi connectivity index (χ0) is 14.7. The number of aromatic nitrogens is 2. The number of hydrogen-bond donors (Lipinski definition) is 3. The maximum absolute atomic E-state index is 11.9. The van der Waals surface area contributed by atoms with Gasteiger partial charge in [-0.25, -0.2) is 9.48 Å². The number of hydrogen-bond acceptors (Lipinski definition) is 4. The molecule has 0 saturated carbocycles. The Morgan fingerprint density at radius 2 is 1.89 bits per heavy atom. The first-order valence-electron chi connectivity index (χ1n) is 5.54. The molecule has 1 atom stereocenters. The molecule has 1 amide bonds. The summed E-state index contributed by atoms with van der Waals surface area (Å²) in [5.41, 5.74) is -0.430. The van der Waals surface area contributed by atoms with Gasteiger partial charge in [-0.2, -0.15) is 0 Å². The molecule has 0 aliphatic heterocycles. The summed E-state index contributed by atoms with van der Waals surface area (Å²) in [6, 6.07) is -1.28. The fourth-order valence-corrected chi connectivity index (χ4v) is 1.53. The normalized spacial score (nSPS) is 11.9. The van der Waals surface area contributed by atoms with Crippen molar-refractivity contribution in [2.24, 2.45) is 0 Å². The van der Waals surface area contributed by atoms with Gasteiger partial charge in [0, 0.05) is 18.1 Å². The minimum atomic E-state index is -1.29. The molecule has 8 heteroatoms. The van der Waals surface area contributed by atoms with E-state index in [0.29, 0.717) is 0 Å². The van der Waals surface area contributed by atoms with E-state index >= 15 is 0 Å². The monoisotopic (exact) mass is 269 g/mol. The SMILES string of the molecule is CC(=O)NC(Cn1[nH]c(=O)c(C)c(C)c1=O)C(=O)O. The minimum absolute atomic E-state index is 0.246. The maximum Gasteiger partial charge on any atom is 0.328 e. The fraction of sp³-hybridized carbons (Fsp3) is 0.455. The van der Waals surface area contributed by atoms with Gasteiger partial charge in [0.1, 0.15) is 6.04 Å². The van der Waals surface area contributed by atoms with Gasteiger partial charge in [-0.15, -0.1) is 0 Å². The molecule has 1 unspecified atom stereocenters. The van der Waals surface area contributed by atoms with Gasteiger partial charge in [-0.05, 0) is 13.8 Å². The Kier molecular flexibility index (Phi) is 4.26. The van der Waals surface area contributed by atoms with Crippen LogP contribution in [-0.2, 0) is 16.1 Å². The van der Waals surface area contributed by atoms with Gasteiger partial charge in [-0.3, -0.25) is 19.5 Å². The fourth-order valence-electron chi connectivity index (χ4n) is 1.53. The van der Waals surface area contributed by atoms with Crippen molar-refractivity contribution in [1.82, 2.24) is 15.1 Å². The first-order chi connectivity index (χ1) is 8.73. The molecule has 3 N–H and O–H groups in total. The topological polar surface area (TPSA) is 121 Å². The highest BCUT2D eigenvalue weighted by atomic mass is 16.4. The van der Waals surface area contributed by atoms with Crippen molar-refractivity contribution in [1.29, 1.82) is 0 Å². The molecule has 0 aliphatic rings. The zero-order valence-electron chi connectivity index (χ0n) is 10.8. The summed E-state index contributed by atoms with van der Waals surface area (Å²) >= 11 is 0. The number of nitrogens with zero attached hydrogens (tertiary/aromatic N) is 1. The number of carboxylic acids is 1. The molecule has 104 valence electrons. The van der Waals surface area contributed by atoms with Gasteiger partial charge >= 0.3 is 5.97 Å². The van der Waals surface area contributed by atoms with Crippen molar-refractivity contribution < 1.29 is 14.7 Å². The van der Waals surface area contributed by atoms with Gasteiger partial charge in [0.15, 0.2) is 0 Å². The molecule has 0 spiro atoms. The quantitative estimate of drug-likeness (QED) is 0.630. The largest absolute Gasteiger partial charge is 0.480 e. The van der Waals surface area contributed by atoms with E-state index in [9.17, 15) is 19.2 Å². The van der Waals surface area contributed by atoms with E-state index in [1.54, 1.807) is 0 Å². The lowest BCUT2D eigenvalue weighted by Gasteiger charge is -2.15. The molecular weight excluding hydrogens is 254 g/mol. The number of aromatic amines is 1. The van der Waals surface area contributed by atoms with Gasteiger partial charge in [0.05, 0.1) is 6.54 Å². The predicted molar refractivity (Wildman–Crippen MR) is 66.0 cm³/mol. The highest BCUT2D eigenvalue weighted by Gasteiger charge is 2.20. The van der Waals surface area contributed by atoms with E-state index in [1.807, 2.05) is 0 Å². The van der Waals surface area contributed by atoms with Crippen LogP contribution < -0.4 is 16.4 Å². The molecule has 0 aromatic carbocycles. The standard InChI is InChI=1S/C11H15N3O5/c1-5-6(2)10(17)14(13-9(5)16)4-8(11(18)19)12-7(3)15/h8H,4H2,1-3H3,(H,12,15)(H,13,16)(H,18,19). The van der Waals surface area contributed by atoms with Crippen LogP contribution in [0.5, 0.6) is 0 Å². The number of aliphatic carboxylic acids is 1. The maximum atomic E-state index is 11.9. The Bertz CT molecular complexity index is 628. The van der Waals surface area contributed by atoms with E-state index in [-0.39, 0.29) is 17.7 Å². The van der Waals surface area contributed by atoms with Crippen molar-refractivity contribution in [3.05, 3.63) is 31.8 Å². The van der Waals surface area contributed by atoms with Crippen LogP contribution in [0.25, 0.3) is 0 Å². The number of carbonyl (C=O) groups excluding carboxylic acids is 1. The average molecular weight is 269 g/mol. The van der Waals surface area contributed by atoms with Gasteiger partial charge in [-0.1, -0.05) is 0 Å². The number of carbonyl (C=O) groups is 2. The number of amides is 1. The van der Waals surface area contributed by atoms with Crippen LogP contribution in [0.15, 0.2) is 9.59 Å². The number of carboxylic acid groups (broad SMARTS) is 1. The van der Waals surface area contributed by atoms with Crippen molar-refractivity contribution >= 4 is 11.9 Å². The molecule has 1 rings (SSSR count). The molecule has 1 aromatic rings. The zero-order valence-corrected chi connectivity index (χ0v) is 10.8. The van der Waals surface area contributed by atoms with E-state index in [0.717, 1.165) is 4.68 Å². The minimum Gasteiger partial charge on any atom is -0.480 e. The summed E-state index contributed by atoms with van der Waals surface area (Å²) in [5, 5.41) is 13.4. The molecular formula is C11H15N3O5. The van der Waals surface area contributed by atoms with Crippen LogP contribution in [0, 0.1) is 13.8 Å². The molecule has 0 aliphatic carbocycles. The van der Waals surface area contributed by atoms with Crippen LogP contribution in [0.3, 0.4) is 0 Å². The van der Waals surface area contributed by atoms with E-state index in [2.05, 4.69) is 10.4 Å². The van der Waals surface area contributed by atoms with Gasteiger partial charge in [0.2, 0.25) is 5.91 Å². The first-order valence-corrected chi connectivity index (χ1v) is 5.54. The second-order valence-electron chi connectivity index (χ2n) is 4.20. The summed E-state index contributed by atoms with van der Waals surface area (Å²) in [5.74, 6) is -1.83. The average Bonchev–Trinajstić information content (AvgIpc) is 2.31. The number of H-pyrrole nitrogens is 1. The first kappa shape index (κ1) is 14.7. The number of rotatable bonds is 4. The smallest absolute Gasteiger partial charge is 0.328 e. The second-order valence-corrected chi connectivity index (χ2v) is 4.20. The van der Waals surface area contributed by atoms with Gasteiger partial charge in [0.25, 0.3) is 11.1 Å². The Hall–Kier alpha value is -2.38. The molecule has 0 fully saturated rings. The Balaban J connectivity index is 3.18. The molecule has 1 heterocycles. The summed E-state index contributed by atoms with van der Waals surface area (Å²) < 4.78 is 0.888. The van der Waals surface area contributed by atoms with Crippen LogP contribution in [0.4, 0.5) is 0 Å². The Labute approximate surface area is 108 Å².